The van der Waals surface area contributed by atoms with Gasteiger partial charge in [-0.1, -0.05) is 24.0 Å². The molecule has 2 bridgehead atoms. The van der Waals surface area contributed by atoms with Crippen LogP contribution in [0.5, 0.6) is 0 Å². The van der Waals surface area contributed by atoms with Crippen LogP contribution in [-0.2, 0) is 9.59 Å². The third-order valence-corrected chi connectivity index (χ3v) is 8.37. The Morgan fingerprint density at radius 2 is 1.97 bits per heavy atom. The van der Waals surface area contributed by atoms with Gasteiger partial charge in [0, 0.05) is 56.1 Å². The van der Waals surface area contributed by atoms with Gasteiger partial charge in [-0.3, -0.25) is 14.4 Å². The molecule has 3 fully saturated rings. The number of nitrogens with zero attached hydrogens (tertiary/aromatic N) is 4. The Morgan fingerprint density at radius 1 is 1.22 bits per heavy atom. The maximum Gasteiger partial charge on any atom is 0.269 e. The van der Waals surface area contributed by atoms with Gasteiger partial charge in [0.15, 0.2) is 0 Å². The summed E-state index contributed by atoms with van der Waals surface area (Å²) in [4.78, 5) is 45.5. The number of rotatable bonds is 3. The van der Waals surface area contributed by atoms with Crippen molar-refractivity contribution in [3.8, 4) is 23.2 Å². The van der Waals surface area contributed by atoms with Crippen molar-refractivity contribution in [1.82, 2.24) is 19.4 Å². The molecular formula is C28H27N5O4. The summed E-state index contributed by atoms with van der Waals surface area (Å²) in [5.74, 6) is 5.86. The van der Waals surface area contributed by atoms with Crippen LogP contribution in [0.3, 0.4) is 0 Å². The molecule has 0 radical (unpaired) electrons. The molecule has 0 spiro atoms. The zero-order valence-electron chi connectivity index (χ0n) is 20.5. The number of hydrogen-bond acceptors (Lipinski definition) is 5. The summed E-state index contributed by atoms with van der Waals surface area (Å²) >= 11 is 0. The van der Waals surface area contributed by atoms with Crippen LogP contribution in [0.1, 0.15) is 65.0 Å². The van der Waals surface area contributed by atoms with Crippen LogP contribution in [0.4, 0.5) is 0 Å². The van der Waals surface area contributed by atoms with Crippen molar-refractivity contribution >= 4 is 23.3 Å². The number of aliphatic hydroxyl groups is 1. The minimum Gasteiger partial charge on any atom is -0.369 e. The van der Waals surface area contributed by atoms with E-state index < -0.39 is 11.5 Å². The topological polar surface area (TPSA) is 122 Å². The van der Waals surface area contributed by atoms with E-state index in [0.29, 0.717) is 31.0 Å². The first kappa shape index (κ1) is 22.3. The predicted octanol–water partition coefficient (Wildman–Crippen LogP) is 1.27. The normalized spacial score (nSPS) is 25.7. The largest absolute Gasteiger partial charge is 0.369 e. The average Bonchev–Trinajstić information content (AvgIpc) is 3.59. The predicted molar refractivity (Wildman–Crippen MR) is 134 cm³/mol. The van der Waals surface area contributed by atoms with E-state index in [-0.39, 0.29) is 41.8 Å². The molecule has 1 aromatic heterocycles. The summed E-state index contributed by atoms with van der Waals surface area (Å²) in [5.41, 5.74) is 8.93. The average molecular weight is 498 g/mol. The van der Waals surface area contributed by atoms with Crippen LogP contribution >= 0.6 is 0 Å². The molecule has 2 aliphatic carbocycles. The number of allylic oxidation sites excluding steroid dienone is 2. The number of imidazole rings is 1. The van der Waals surface area contributed by atoms with Crippen LogP contribution in [0.25, 0.3) is 17.0 Å². The van der Waals surface area contributed by atoms with E-state index in [1.807, 2.05) is 23.1 Å². The molecule has 5 heterocycles. The third-order valence-electron chi connectivity index (χ3n) is 8.37. The molecule has 6 aliphatic rings. The molecule has 9 heteroatoms. The zero-order valence-corrected chi connectivity index (χ0v) is 20.5. The van der Waals surface area contributed by atoms with Crippen molar-refractivity contribution < 1.29 is 19.5 Å². The molecule has 1 unspecified atom stereocenters. The van der Waals surface area contributed by atoms with Gasteiger partial charge >= 0.3 is 0 Å². The van der Waals surface area contributed by atoms with Gasteiger partial charge in [-0.05, 0) is 42.5 Å². The number of carbonyl (C=O) groups excluding carboxylic acids is 3. The van der Waals surface area contributed by atoms with Gasteiger partial charge in [0.05, 0.1) is 11.7 Å². The SMILES string of the molecule is CN1CC[C@@](O)(C#Cc2ccc3c(c2)-c2nc(C(N)=O)c(C4CN(C(=O)C5CC5)C4)n2C2C=C3C2)C1=O. The molecular weight excluding hydrogens is 470 g/mol. The summed E-state index contributed by atoms with van der Waals surface area (Å²) in [7, 11) is 1.65. The fraction of sp³-hybridized carbons (Fsp3) is 0.429. The van der Waals surface area contributed by atoms with Gasteiger partial charge in [-0.15, -0.1) is 0 Å². The second-order valence-corrected chi connectivity index (χ2v) is 10.9. The first-order valence-corrected chi connectivity index (χ1v) is 12.8. The summed E-state index contributed by atoms with van der Waals surface area (Å²) in [6.45, 7) is 1.61. The Kier molecular flexibility index (Phi) is 4.56. The molecule has 1 aromatic carbocycles. The van der Waals surface area contributed by atoms with E-state index >= 15 is 0 Å². The Labute approximate surface area is 213 Å². The van der Waals surface area contributed by atoms with Crippen molar-refractivity contribution in [3.05, 3.63) is 46.8 Å². The van der Waals surface area contributed by atoms with Crippen LogP contribution in [0.2, 0.25) is 0 Å². The van der Waals surface area contributed by atoms with Crippen molar-refractivity contribution in [2.45, 2.75) is 43.2 Å². The number of benzene rings is 1. The number of likely N-dealkylation sites (N-methyl/N-ethyl adjacent to an activating group) is 1. The van der Waals surface area contributed by atoms with Crippen molar-refractivity contribution in [2.75, 3.05) is 26.7 Å². The molecule has 188 valence electrons. The van der Waals surface area contributed by atoms with E-state index in [1.165, 1.54) is 10.5 Å². The van der Waals surface area contributed by atoms with Crippen molar-refractivity contribution in [2.24, 2.45) is 11.7 Å². The maximum atomic E-state index is 12.5. The number of likely N-dealkylation sites (tertiary alicyclic amines) is 2. The van der Waals surface area contributed by atoms with Gasteiger partial charge in [0.25, 0.3) is 11.8 Å². The van der Waals surface area contributed by atoms with Crippen LogP contribution in [-0.4, -0.2) is 74.5 Å². The highest BCUT2D eigenvalue weighted by Crippen LogP contribution is 2.49. The van der Waals surface area contributed by atoms with E-state index in [1.54, 1.807) is 7.05 Å². The molecule has 2 aromatic rings. The lowest BCUT2D eigenvalue weighted by Crippen LogP contribution is -2.50. The molecule has 1 saturated carbocycles. The van der Waals surface area contributed by atoms with Crippen LogP contribution < -0.4 is 5.73 Å². The second kappa shape index (κ2) is 7.56. The van der Waals surface area contributed by atoms with Gasteiger partial charge in [0.2, 0.25) is 11.5 Å². The summed E-state index contributed by atoms with van der Waals surface area (Å²) in [6, 6.07) is 5.85. The lowest BCUT2D eigenvalue weighted by atomic mass is 9.85. The highest BCUT2D eigenvalue weighted by Gasteiger charge is 2.45. The standard InChI is InChI=1S/C28H27N5O4/c1-31-9-8-28(37,27(31)36)7-6-15-2-5-20-17-11-19(12-17)33-23(18-13-32(14-18)26(35)16-3-4-16)22(24(29)34)30-25(33)21(20)10-15/h2,5,10-11,16,18-19,37H,3-4,8-9,12-14H2,1H3,(H2,29,34)/t19?,28-/m0/s1. The Bertz CT molecular complexity index is 1500. The minimum atomic E-state index is -1.68. The molecule has 2 saturated heterocycles. The summed E-state index contributed by atoms with van der Waals surface area (Å²) in [6.07, 6.45) is 5.22. The minimum absolute atomic E-state index is 0.00744. The monoisotopic (exact) mass is 497 g/mol. The van der Waals surface area contributed by atoms with E-state index in [0.717, 1.165) is 36.1 Å². The molecule has 8 rings (SSSR count). The van der Waals surface area contributed by atoms with E-state index in [2.05, 4.69) is 22.5 Å². The van der Waals surface area contributed by atoms with Crippen LogP contribution in [0, 0.1) is 17.8 Å². The van der Waals surface area contributed by atoms with Crippen molar-refractivity contribution in [1.29, 1.82) is 0 Å². The number of aromatic nitrogens is 2. The molecule has 2 atom stereocenters. The highest BCUT2D eigenvalue weighted by molar-refractivity contribution is 5.95. The first-order chi connectivity index (χ1) is 17.7. The van der Waals surface area contributed by atoms with E-state index in [9.17, 15) is 19.5 Å². The second-order valence-electron chi connectivity index (χ2n) is 10.9. The van der Waals surface area contributed by atoms with Crippen molar-refractivity contribution in [3.63, 3.8) is 0 Å². The molecule has 4 aliphatic heterocycles. The molecule has 37 heavy (non-hydrogen) atoms. The Hall–Kier alpha value is -3.90. The maximum absolute atomic E-state index is 12.5. The van der Waals surface area contributed by atoms with E-state index in [4.69, 9.17) is 10.7 Å². The fourth-order valence-electron chi connectivity index (χ4n) is 5.98. The number of carbonyl (C=O) groups is 3. The van der Waals surface area contributed by atoms with Gasteiger partial charge in [0.1, 0.15) is 11.5 Å². The molecule has 3 N–H and O–H groups in total. The molecule has 9 nitrogen and oxygen atoms in total. The van der Waals surface area contributed by atoms with Gasteiger partial charge < -0.3 is 25.2 Å². The Morgan fingerprint density at radius 3 is 2.62 bits per heavy atom. The summed E-state index contributed by atoms with van der Waals surface area (Å²) in [5, 5.41) is 10.7. The summed E-state index contributed by atoms with van der Waals surface area (Å²) < 4.78 is 2.12. The first-order valence-electron chi connectivity index (χ1n) is 12.8. The van der Waals surface area contributed by atoms with Crippen LogP contribution in [0.15, 0.2) is 24.3 Å². The number of hydrogen-bond donors (Lipinski definition) is 2. The fourth-order valence-corrected chi connectivity index (χ4v) is 5.98. The number of nitrogens with two attached hydrogens (primary N) is 1. The van der Waals surface area contributed by atoms with Gasteiger partial charge in [-0.25, -0.2) is 4.98 Å². The zero-order chi connectivity index (χ0) is 25.6. The number of primary amides is 1. The smallest absolute Gasteiger partial charge is 0.269 e. The van der Waals surface area contributed by atoms with Gasteiger partial charge in [-0.2, -0.15) is 0 Å². The lowest BCUT2D eigenvalue weighted by Gasteiger charge is -2.41. The molecule has 3 amide bonds. The lowest BCUT2D eigenvalue weighted by molar-refractivity contribution is -0.138. The third kappa shape index (κ3) is 3.28. The quantitative estimate of drug-likeness (QED) is 0.619. The highest BCUT2D eigenvalue weighted by atomic mass is 16.3. The number of amides is 3. The Balaban J connectivity index is 1.28.